The zero-order valence-electron chi connectivity index (χ0n) is 11.3. The molecule has 0 saturated carbocycles. The SMILES string of the molecule is O=[N+]([O-])c1ccccc1/C=C/CNCC(O)c1ccco1. The lowest BCUT2D eigenvalue weighted by Crippen LogP contribution is -2.21. The molecule has 0 aliphatic rings. The van der Waals surface area contributed by atoms with E-state index in [1.54, 1.807) is 42.5 Å². The van der Waals surface area contributed by atoms with E-state index < -0.39 is 11.0 Å². The number of furan rings is 1. The van der Waals surface area contributed by atoms with Crippen LogP contribution in [0, 0.1) is 10.1 Å². The first-order chi connectivity index (χ1) is 10.2. The smallest absolute Gasteiger partial charge is 0.276 e. The fourth-order valence-corrected chi connectivity index (χ4v) is 1.87. The van der Waals surface area contributed by atoms with E-state index in [1.165, 1.54) is 12.3 Å². The van der Waals surface area contributed by atoms with Gasteiger partial charge in [-0.3, -0.25) is 10.1 Å². The van der Waals surface area contributed by atoms with Crippen LogP contribution in [0.15, 0.2) is 53.2 Å². The first kappa shape index (κ1) is 15.0. The van der Waals surface area contributed by atoms with Crippen molar-refractivity contribution in [2.45, 2.75) is 6.10 Å². The van der Waals surface area contributed by atoms with Crippen molar-refractivity contribution in [3.8, 4) is 0 Å². The third-order valence-electron chi connectivity index (χ3n) is 2.90. The number of nitrogens with one attached hydrogen (secondary N) is 1. The van der Waals surface area contributed by atoms with Gasteiger partial charge in [-0.1, -0.05) is 24.3 Å². The minimum Gasteiger partial charge on any atom is -0.467 e. The predicted molar refractivity (Wildman–Crippen MR) is 78.7 cm³/mol. The number of benzene rings is 1. The Morgan fingerprint density at radius 1 is 1.33 bits per heavy atom. The molecule has 110 valence electrons. The maximum atomic E-state index is 10.8. The lowest BCUT2D eigenvalue weighted by molar-refractivity contribution is -0.385. The fraction of sp³-hybridized carbons (Fsp3) is 0.200. The normalized spacial score (nSPS) is 12.6. The predicted octanol–water partition coefficient (Wildman–Crippen LogP) is 2.52. The third-order valence-corrected chi connectivity index (χ3v) is 2.90. The highest BCUT2D eigenvalue weighted by molar-refractivity contribution is 5.60. The first-order valence-corrected chi connectivity index (χ1v) is 6.50. The Morgan fingerprint density at radius 2 is 2.14 bits per heavy atom. The van der Waals surface area contributed by atoms with E-state index in [2.05, 4.69) is 5.32 Å². The summed E-state index contributed by atoms with van der Waals surface area (Å²) in [4.78, 5) is 10.4. The number of nitro benzene ring substituents is 1. The van der Waals surface area contributed by atoms with Crippen LogP contribution in [0.25, 0.3) is 6.08 Å². The lowest BCUT2D eigenvalue weighted by atomic mass is 10.1. The van der Waals surface area contributed by atoms with E-state index in [-0.39, 0.29) is 5.69 Å². The molecule has 2 rings (SSSR count). The molecule has 21 heavy (non-hydrogen) atoms. The van der Waals surface area contributed by atoms with Crippen LogP contribution in [-0.2, 0) is 0 Å². The van der Waals surface area contributed by atoms with Crippen molar-refractivity contribution < 1.29 is 14.4 Å². The van der Waals surface area contributed by atoms with E-state index >= 15 is 0 Å². The highest BCUT2D eigenvalue weighted by atomic mass is 16.6. The summed E-state index contributed by atoms with van der Waals surface area (Å²) in [6.07, 6.45) is 4.26. The monoisotopic (exact) mass is 288 g/mol. The summed E-state index contributed by atoms with van der Waals surface area (Å²) >= 11 is 0. The van der Waals surface area contributed by atoms with Crippen molar-refractivity contribution in [1.82, 2.24) is 5.32 Å². The van der Waals surface area contributed by atoms with Crippen LogP contribution in [0.4, 0.5) is 5.69 Å². The summed E-state index contributed by atoms with van der Waals surface area (Å²) in [6, 6.07) is 9.96. The number of para-hydroxylation sites is 1. The standard InChI is InChI=1S/C15H16N2O4/c18-14(15-8-4-10-21-15)11-16-9-3-6-12-5-1-2-7-13(12)17(19)20/h1-8,10,14,16,18H,9,11H2/b6-3+. The second kappa shape index (κ2) is 7.37. The van der Waals surface area contributed by atoms with Gasteiger partial charge in [-0.15, -0.1) is 0 Å². The number of hydrogen-bond acceptors (Lipinski definition) is 5. The molecular formula is C15H16N2O4. The fourth-order valence-electron chi connectivity index (χ4n) is 1.87. The molecule has 0 bridgehead atoms. The van der Waals surface area contributed by atoms with Gasteiger partial charge >= 0.3 is 0 Å². The van der Waals surface area contributed by atoms with Crippen LogP contribution in [-0.4, -0.2) is 23.1 Å². The third kappa shape index (κ3) is 4.27. The van der Waals surface area contributed by atoms with Gasteiger partial charge in [0.05, 0.1) is 16.7 Å². The molecule has 1 aromatic heterocycles. The molecule has 0 spiro atoms. The molecule has 0 amide bonds. The molecule has 0 aliphatic carbocycles. The molecule has 6 heteroatoms. The van der Waals surface area contributed by atoms with Crippen LogP contribution in [0.3, 0.4) is 0 Å². The summed E-state index contributed by atoms with van der Waals surface area (Å²) in [6.45, 7) is 0.832. The highest BCUT2D eigenvalue weighted by Gasteiger charge is 2.10. The van der Waals surface area contributed by atoms with Crippen molar-refractivity contribution >= 4 is 11.8 Å². The largest absolute Gasteiger partial charge is 0.467 e. The topological polar surface area (TPSA) is 88.5 Å². The van der Waals surface area contributed by atoms with Gasteiger partial charge in [-0.25, -0.2) is 0 Å². The van der Waals surface area contributed by atoms with Gasteiger partial charge in [-0.2, -0.15) is 0 Å². The minimum absolute atomic E-state index is 0.0735. The summed E-state index contributed by atoms with van der Waals surface area (Å²) in [5.41, 5.74) is 0.625. The minimum atomic E-state index is -0.709. The zero-order chi connectivity index (χ0) is 15.1. The molecule has 0 radical (unpaired) electrons. The summed E-state index contributed by atoms with van der Waals surface area (Å²) < 4.78 is 5.08. The molecular weight excluding hydrogens is 272 g/mol. The van der Waals surface area contributed by atoms with E-state index in [0.29, 0.717) is 24.4 Å². The Balaban J connectivity index is 1.82. The van der Waals surface area contributed by atoms with E-state index in [0.717, 1.165) is 0 Å². The average Bonchev–Trinajstić information content (AvgIpc) is 3.01. The van der Waals surface area contributed by atoms with Gasteiger partial charge in [0, 0.05) is 19.2 Å². The molecule has 0 fully saturated rings. The Bertz CT molecular complexity index is 608. The maximum absolute atomic E-state index is 10.8. The van der Waals surface area contributed by atoms with Crippen molar-refractivity contribution in [3.63, 3.8) is 0 Å². The Kier molecular flexibility index (Phi) is 5.25. The number of nitrogens with zero attached hydrogens (tertiary/aromatic N) is 1. The Hall–Kier alpha value is -2.44. The van der Waals surface area contributed by atoms with Crippen molar-refractivity contribution in [2.24, 2.45) is 0 Å². The first-order valence-electron chi connectivity index (χ1n) is 6.50. The molecule has 2 aromatic rings. The van der Waals surface area contributed by atoms with Crippen LogP contribution < -0.4 is 5.32 Å². The van der Waals surface area contributed by atoms with E-state index in [4.69, 9.17) is 4.42 Å². The summed E-state index contributed by atoms with van der Waals surface area (Å²) in [5.74, 6) is 0.505. The van der Waals surface area contributed by atoms with Crippen molar-refractivity contribution in [1.29, 1.82) is 0 Å². The van der Waals surface area contributed by atoms with Gasteiger partial charge in [-0.05, 0) is 18.2 Å². The quantitative estimate of drug-likeness (QED) is 0.464. The second-order valence-corrected chi connectivity index (χ2v) is 4.41. The van der Waals surface area contributed by atoms with Gasteiger partial charge in [0.1, 0.15) is 11.9 Å². The van der Waals surface area contributed by atoms with E-state index in [9.17, 15) is 15.2 Å². The molecule has 0 aliphatic heterocycles. The Labute approximate surface area is 121 Å². The van der Waals surface area contributed by atoms with Crippen LogP contribution in [0.1, 0.15) is 17.4 Å². The number of rotatable bonds is 7. The van der Waals surface area contributed by atoms with Gasteiger partial charge in [0.15, 0.2) is 0 Å². The highest BCUT2D eigenvalue weighted by Crippen LogP contribution is 2.18. The lowest BCUT2D eigenvalue weighted by Gasteiger charge is -2.07. The molecule has 2 N–H and O–H groups in total. The van der Waals surface area contributed by atoms with Crippen LogP contribution in [0.5, 0.6) is 0 Å². The molecule has 1 unspecified atom stereocenters. The number of nitro groups is 1. The number of hydrogen-bond donors (Lipinski definition) is 2. The number of aliphatic hydroxyl groups excluding tert-OH is 1. The van der Waals surface area contributed by atoms with Crippen molar-refractivity contribution in [2.75, 3.05) is 13.1 Å². The number of aliphatic hydroxyl groups is 1. The summed E-state index contributed by atoms with van der Waals surface area (Å²) in [5, 5.41) is 23.6. The molecule has 1 atom stereocenters. The van der Waals surface area contributed by atoms with Crippen molar-refractivity contribution in [3.05, 3.63) is 70.2 Å². The van der Waals surface area contributed by atoms with Gasteiger partial charge < -0.3 is 14.8 Å². The second-order valence-electron chi connectivity index (χ2n) is 4.41. The maximum Gasteiger partial charge on any atom is 0.276 e. The molecule has 1 aromatic carbocycles. The van der Waals surface area contributed by atoms with Crippen LogP contribution >= 0.6 is 0 Å². The average molecular weight is 288 g/mol. The molecule has 6 nitrogen and oxygen atoms in total. The Morgan fingerprint density at radius 3 is 2.86 bits per heavy atom. The molecule has 1 heterocycles. The zero-order valence-corrected chi connectivity index (χ0v) is 11.3. The molecule has 0 saturated heterocycles. The summed E-state index contributed by atoms with van der Waals surface area (Å²) in [7, 11) is 0. The van der Waals surface area contributed by atoms with Gasteiger partial charge in [0.25, 0.3) is 5.69 Å². The van der Waals surface area contributed by atoms with E-state index in [1.807, 2.05) is 0 Å². The van der Waals surface area contributed by atoms with Crippen LogP contribution in [0.2, 0.25) is 0 Å². The van der Waals surface area contributed by atoms with Gasteiger partial charge in [0.2, 0.25) is 0 Å².